The predicted octanol–water partition coefficient (Wildman–Crippen LogP) is 3.21. The van der Waals surface area contributed by atoms with Crippen LogP contribution in [0, 0.1) is 5.82 Å². The predicted molar refractivity (Wildman–Crippen MR) is 105 cm³/mol. The third-order valence-electron chi connectivity index (χ3n) is 5.57. The van der Waals surface area contributed by atoms with E-state index in [4.69, 9.17) is 9.47 Å². The molecule has 27 heavy (non-hydrogen) atoms. The molecule has 0 bridgehead atoms. The number of likely N-dealkylation sites (N-methyl/N-ethyl adjacent to an activating group) is 1. The minimum Gasteiger partial charge on any atom is -0.375 e. The highest BCUT2D eigenvalue weighted by Gasteiger charge is 2.40. The Labute approximate surface area is 168 Å². The number of likely N-dealkylation sites (tertiary alicyclic amines) is 1. The van der Waals surface area contributed by atoms with Crippen molar-refractivity contribution in [1.82, 2.24) is 9.80 Å². The highest BCUT2D eigenvalue weighted by atomic mass is 79.9. The van der Waals surface area contributed by atoms with Gasteiger partial charge in [-0.15, -0.1) is 0 Å². The Bertz CT molecular complexity index is 663. The molecule has 7 heteroatoms. The van der Waals surface area contributed by atoms with Crippen molar-refractivity contribution in [1.29, 1.82) is 0 Å². The van der Waals surface area contributed by atoms with Crippen LogP contribution in [0.4, 0.5) is 4.39 Å². The van der Waals surface area contributed by atoms with Gasteiger partial charge in [0, 0.05) is 56.8 Å². The number of hydrogen-bond donors (Lipinski definition) is 0. The molecule has 2 aliphatic heterocycles. The number of carbonyl (C=O) groups excluding carboxylic acids is 1. The van der Waals surface area contributed by atoms with E-state index in [1.54, 1.807) is 19.0 Å². The van der Waals surface area contributed by atoms with Gasteiger partial charge in [0.2, 0.25) is 5.91 Å². The van der Waals surface area contributed by atoms with Gasteiger partial charge in [-0.2, -0.15) is 0 Å². The molecule has 0 aliphatic carbocycles. The quantitative estimate of drug-likeness (QED) is 0.701. The molecular weight excluding hydrogens is 415 g/mol. The Morgan fingerprint density at radius 1 is 1.41 bits per heavy atom. The molecule has 2 fully saturated rings. The zero-order valence-corrected chi connectivity index (χ0v) is 17.6. The number of carbonyl (C=O) groups is 1. The molecule has 150 valence electrons. The molecule has 2 aliphatic rings. The average molecular weight is 443 g/mol. The van der Waals surface area contributed by atoms with Gasteiger partial charge in [-0.05, 0) is 31.4 Å². The number of rotatable bonds is 5. The molecule has 3 rings (SSSR count). The third kappa shape index (κ3) is 5.50. The maximum atomic E-state index is 14.1. The van der Waals surface area contributed by atoms with E-state index < -0.39 is 0 Å². The van der Waals surface area contributed by atoms with Crippen molar-refractivity contribution in [2.75, 3.05) is 40.4 Å². The van der Waals surface area contributed by atoms with E-state index in [0.29, 0.717) is 13.2 Å². The lowest BCUT2D eigenvalue weighted by Gasteiger charge is -2.46. The van der Waals surface area contributed by atoms with Crippen molar-refractivity contribution in [2.45, 2.75) is 43.9 Å². The molecule has 0 aromatic heterocycles. The summed E-state index contributed by atoms with van der Waals surface area (Å²) < 4.78 is 26.8. The van der Waals surface area contributed by atoms with Crippen LogP contribution >= 0.6 is 15.9 Å². The summed E-state index contributed by atoms with van der Waals surface area (Å²) >= 11 is 3.30. The summed E-state index contributed by atoms with van der Waals surface area (Å²) in [5.74, 6) is -0.181. The van der Waals surface area contributed by atoms with Crippen LogP contribution in [-0.4, -0.2) is 67.8 Å². The second kappa shape index (κ2) is 8.99. The number of nitrogens with zero attached hydrogens (tertiary/aromatic N) is 2. The van der Waals surface area contributed by atoms with Gasteiger partial charge < -0.3 is 14.4 Å². The van der Waals surface area contributed by atoms with Crippen LogP contribution in [0.2, 0.25) is 0 Å². The van der Waals surface area contributed by atoms with Crippen LogP contribution < -0.4 is 0 Å². The van der Waals surface area contributed by atoms with Crippen LogP contribution in [0.15, 0.2) is 22.7 Å². The van der Waals surface area contributed by atoms with E-state index >= 15 is 0 Å². The summed E-state index contributed by atoms with van der Waals surface area (Å²) in [6.45, 7) is 3.16. The van der Waals surface area contributed by atoms with Crippen molar-refractivity contribution >= 4 is 21.8 Å². The van der Waals surface area contributed by atoms with Crippen LogP contribution in [0.5, 0.6) is 0 Å². The Hall–Kier alpha value is -1.02. The fourth-order valence-corrected chi connectivity index (χ4v) is 4.13. The number of hydrogen-bond acceptors (Lipinski definition) is 4. The lowest BCUT2D eigenvalue weighted by Crippen LogP contribution is -2.50. The largest absolute Gasteiger partial charge is 0.375 e. The molecule has 5 nitrogen and oxygen atoms in total. The van der Waals surface area contributed by atoms with Crippen LogP contribution in [0.1, 0.15) is 31.2 Å². The van der Waals surface area contributed by atoms with Gasteiger partial charge >= 0.3 is 0 Å². The van der Waals surface area contributed by atoms with Gasteiger partial charge in [0.15, 0.2) is 0 Å². The van der Waals surface area contributed by atoms with Gasteiger partial charge in [0.05, 0.1) is 11.7 Å². The van der Waals surface area contributed by atoms with Crippen LogP contribution in [-0.2, 0) is 20.8 Å². The van der Waals surface area contributed by atoms with E-state index in [1.807, 2.05) is 12.1 Å². The van der Waals surface area contributed by atoms with Crippen molar-refractivity contribution in [3.05, 3.63) is 34.1 Å². The van der Waals surface area contributed by atoms with Gasteiger partial charge in [0.25, 0.3) is 0 Å². The number of ether oxygens (including phenoxy) is 2. The summed E-state index contributed by atoms with van der Waals surface area (Å²) in [5.41, 5.74) is 0.556. The minimum atomic E-state index is -0.169. The second-order valence-corrected chi connectivity index (χ2v) is 8.67. The molecular formula is C20H28BrFN2O3. The molecule has 1 amide bonds. The summed E-state index contributed by atoms with van der Waals surface area (Å²) in [6, 6.07) is 5.24. The Morgan fingerprint density at radius 3 is 2.81 bits per heavy atom. The lowest BCUT2D eigenvalue weighted by atomic mass is 9.83. The van der Waals surface area contributed by atoms with E-state index in [1.165, 1.54) is 6.07 Å². The highest BCUT2D eigenvalue weighted by Crippen LogP contribution is 2.36. The van der Waals surface area contributed by atoms with E-state index in [-0.39, 0.29) is 30.0 Å². The maximum absolute atomic E-state index is 14.1. The molecule has 1 spiro atoms. The van der Waals surface area contributed by atoms with Crippen molar-refractivity contribution in [2.24, 2.45) is 0 Å². The highest BCUT2D eigenvalue weighted by molar-refractivity contribution is 9.10. The first-order valence-electron chi connectivity index (χ1n) is 9.49. The first-order valence-corrected chi connectivity index (χ1v) is 10.3. The van der Waals surface area contributed by atoms with E-state index in [0.717, 1.165) is 48.8 Å². The Balaban J connectivity index is 1.50. The van der Waals surface area contributed by atoms with Crippen LogP contribution in [0.3, 0.4) is 0 Å². The van der Waals surface area contributed by atoms with Crippen LogP contribution in [0.25, 0.3) is 0 Å². The standard InChI is InChI=1S/C20H28BrFN2O3/c1-23(2)19(25)14-26-17-5-10-27-20(12-17)6-8-24(9-7-20)13-15-3-4-16(21)11-18(15)22/h3-4,11,17H,5-10,12-14H2,1-2H3. The Morgan fingerprint density at radius 2 is 2.15 bits per heavy atom. The first-order chi connectivity index (χ1) is 12.9. The molecule has 0 radical (unpaired) electrons. The number of amides is 1. The first kappa shape index (κ1) is 20.7. The summed E-state index contributed by atoms with van der Waals surface area (Å²) in [7, 11) is 3.47. The maximum Gasteiger partial charge on any atom is 0.248 e. The van der Waals surface area contributed by atoms with E-state index in [9.17, 15) is 9.18 Å². The van der Waals surface area contributed by atoms with Gasteiger partial charge in [-0.1, -0.05) is 22.0 Å². The van der Waals surface area contributed by atoms with E-state index in [2.05, 4.69) is 20.8 Å². The van der Waals surface area contributed by atoms with Gasteiger partial charge in [0.1, 0.15) is 12.4 Å². The number of halogens is 2. The zero-order valence-electron chi connectivity index (χ0n) is 16.0. The molecule has 0 N–H and O–H groups in total. The lowest BCUT2D eigenvalue weighted by molar-refractivity contribution is -0.162. The normalized spacial score (nSPS) is 22.7. The van der Waals surface area contributed by atoms with Crippen molar-refractivity contribution in [3.8, 4) is 0 Å². The molecule has 2 saturated heterocycles. The van der Waals surface area contributed by atoms with Crippen molar-refractivity contribution < 1.29 is 18.7 Å². The fraction of sp³-hybridized carbons (Fsp3) is 0.650. The molecule has 0 saturated carbocycles. The minimum absolute atomic E-state index is 0.0121. The fourth-order valence-electron chi connectivity index (χ4n) is 3.80. The Kier molecular flexibility index (Phi) is 6.89. The topological polar surface area (TPSA) is 42.0 Å². The molecule has 1 unspecified atom stereocenters. The molecule has 1 aromatic carbocycles. The zero-order chi connectivity index (χ0) is 19.4. The molecule has 1 atom stereocenters. The smallest absolute Gasteiger partial charge is 0.248 e. The number of benzene rings is 1. The average Bonchev–Trinajstić information content (AvgIpc) is 2.64. The summed E-state index contributed by atoms with van der Waals surface area (Å²) in [6.07, 6.45) is 3.54. The molecule has 2 heterocycles. The summed E-state index contributed by atoms with van der Waals surface area (Å²) in [4.78, 5) is 15.6. The molecule has 1 aromatic rings. The monoisotopic (exact) mass is 442 g/mol. The second-order valence-electron chi connectivity index (χ2n) is 7.76. The SMILES string of the molecule is CN(C)C(=O)COC1CCOC2(CCN(Cc3ccc(Br)cc3F)CC2)C1. The van der Waals surface area contributed by atoms with Gasteiger partial charge in [-0.25, -0.2) is 4.39 Å². The summed E-state index contributed by atoms with van der Waals surface area (Å²) in [5, 5.41) is 0. The van der Waals surface area contributed by atoms with Crippen molar-refractivity contribution in [3.63, 3.8) is 0 Å². The number of piperidine rings is 1. The van der Waals surface area contributed by atoms with Gasteiger partial charge in [-0.3, -0.25) is 9.69 Å². The third-order valence-corrected chi connectivity index (χ3v) is 6.06.